The molecule has 1 saturated heterocycles. The van der Waals surface area contributed by atoms with Gasteiger partial charge in [-0.15, -0.1) is 0 Å². The summed E-state index contributed by atoms with van der Waals surface area (Å²) in [4.78, 5) is 51.3. The number of fused-ring (bicyclic) bond motifs is 1. The van der Waals surface area contributed by atoms with E-state index in [1.165, 1.54) is 18.9 Å². The Bertz CT molecular complexity index is 989. The molecule has 3 amide bonds. The van der Waals surface area contributed by atoms with Crippen molar-refractivity contribution in [2.75, 3.05) is 7.11 Å². The third kappa shape index (κ3) is 5.14. The minimum Gasteiger partial charge on any atom is -0.477 e. The molecule has 0 spiro atoms. The first-order valence-corrected chi connectivity index (χ1v) is 11.2. The monoisotopic (exact) mass is 477 g/mol. The minimum absolute atomic E-state index is 0.146. The Balaban J connectivity index is 1.81. The molecular formula is C22H27N3O7S. The Morgan fingerprint density at radius 3 is 2.36 bits per heavy atom. The summed E-state index contributed by atoms with van der Waals surface area (Å²) >= 11 is 1.23. The highest BCUT2D eigenvalue weighted by atomic mass is 32.2. The molecule has 33 heavy (non-hydrogen) atoms. The van der Waals surface area contributed by atoms with Gasteiger partial charge in [0.15, 0.2) is 0 Å². The van der Waals surface area contributed by atoms with Crippen LogP contribution in [0.25, 0.3) is 0 Å². The highest BCUT2D eigenvalue weighted by Crippen LogP contribution is 2.44. The smallest absolute Gasteiger partial charge is 0.408 e. The number of carboxylic acids is 1. The van der Waals surface area contributed by atoms with Crippen molar-refractivity contribution in [1.29, 1.82) is 0 Å². The van der Waals surface area contributed by atoms with Gasteiger partial charge in [0.1, 0.15) is 34.2 Å². The summed E-state index contributed by atoms with van der Waals surface area (Å²) < 4.78 is 10.6. The van der Waals surface area contributed by atoms with Crippen molar-refractivity contribution in [3.63, 3.8) is 0 Å². The number of amides is 3. The Morgan fingerprint density at radius 1 is 1.18 bits per heavy atom. The highest BCUT2D eigenvalue weighted by molar-refractivity contribution is 8.00. The lowest BCUT2D eigenvalue weighted by molar-refractivity contribution is -0.151. The van der Waals surface area contributed by atoms with Gasteiger partial charge in [-0.25, -0.2) is 9.59 Å². The number of rotatable bonds is 6. The number of hydrogen-bond acceptors (Lipinski definition) is 7. The summed E-state index contributed by atoms with van der Waals surface area (Å²) in [6.07, 6.45) is -0.786. The zero-order valence-corrected chi connectivity index (χ0v) is 19.8. The molecule has 1 unspecified atom stereocenters. The lowest BCUT2D eigenvalue weighted by Crippen LogP contribution is -2.71. The molecule has 0 saturated carbocycles. The molecule has 2 aliphatic heterocycles. The van der Waals surface area contributed by atoms with Crippen molar-refractivity contribution in [3.8, 4) is 0 Å². The number of aliphatic carboxylic acids is 1. The van der Waals surface area contributed by atoms with Gasteiger partial charge < -0.3 is 25.2 Å². The van der Waals surface area contributed by atoms with Crippen LogP contribution in [-0.4, -0.2) is 63.4 Å². The first-order chi connectivity index (χ1) is 15.4. The fourth-order valence-electron chi connectivity index (χ4n) is 3.62. The lowest BCUT2D eigenvalue weighted by atomic mass is 10.0. The lowest BCUT2D eigenvalue weighted by Gasteiger charge is -2.50. The fraction of sp³-hybridized carbons (Fsp3) is 0.455. The van der Waals surface area contributed by atoms with Crippen molar-refractivity contribution in [2.24, 2.45) is 0 Å². The Hall–Kier alpha value is -3.05. The number of nitrogens with zero attached hydrogens (tertiary/aromatic N) is 1. The van der Waals surface area contributed by atoms with E-state index >= 15 is 0 Å². The quantitative estimate of drug-likeness (QED) is 0.530. The minimum atomic E-state index is -1.24. The zero-order chi connectivity index (χ0) is 24.5. The van der Waals surface area contributed by atoms with Gasteiger partial charge in [0.25, 0.3) is 5.91 Å². The molecule has 0 radical (unpaired) electrons. The Labute approximate surface area is 195 Å². The van der Waals surface area contributed by atoms with Gasteiger partial charge in [-0.05, 0) is 38.8 Å². The number of β-lactam (4-membered cyclic amide) rings is 1. The van der Waals surface area contributed by atoms with E-state index in [2.05, 4.69) is 10.6 Å². The average Bonchev–Trinajstić information content (AvgIpc) is 2.74. The van der Waals surface area contributed by atoms with Crippen molar-refractivity contribution in [2.45, 2.75) is 56.2 Å². The molecule has 2 aliphatic rings. The number of ether oxygens (including phenoxy) is 2. The van der Waals surface area contributed by atoms with Crippen LogP contribution in [0.5, 0.6) is 0 Å². The van der Waals surface area contributed by atoms with Gasteiger partial charge in [-0.2, -0.15) is 0 Å². The predicted molar refractivity (Wildman–Crippen MR) is 120 cm³/mol. The molecule has 3 rings (SSSR count). The van der Waals surface area contributed by atoms with E-state index in [4.69, 9.17) is 9.47 Å². The normalized spacial score (nSPS) is 23.2. The number of nitrogens with one attached hydrogen (secondary N) is 2. The summed E-state index contributed by atoms with van der Waals surface area (Å²) in [6, 6.07) is 6.44. The summed E-state index contributed by atoms with van der Waals surface area (Å²) in [5.41, 5.74) is -0.574. The van der Waals surface area contributed by atoms with Gasteiger partial charge in [-0.3, -0.25) is 14.5 Å². The molecule has 0 aromatic heterocycles. The summed E-state index contributed by atoms with van der Waals surface area (Å²) in [7, 11) is 1.44. The van der Waals surface area contributed by atoms with E-state index in [1.54, 1.807) is 58.0 Å². The number of benzene rings is 1. The summed E-state index contributed by atoms with van der Waals surface area (Å²) in [5.74, 6) is -2.41. The van der Waals surface area contributed by atoms with Crippen molar-refractivity contribution < 1.29 is 33.8 Å². The predicted octanol–water partition coefficient (Wildman–Crippen LogP) is 1.98. The molecule has 4 atom stereocenters. The molecular weight excluding hydrogens is 450 g/mol. The molecule has 2 heterocycles. The summed E-state index contributed by atoms with van der Waals surface area (Å²) in [5, 5.41) is 14.1. The molecule has 1 fully saturated rings. The van der Waals surface area contributed by atoms with Crippen molar-refractivity contribution >= 4 is 35.6 Å². The first kappa shape index (κ1) is 24.6. The molecule has 0 aliphatic carbocycles. The van der Waals surface area contributed by atoms with Gasteiger partial charge in [0.05, 0.1) is 0 Å². The van der Waals surface area contributed by atoms with Crippen LogP contribution < -0.4 is 10.6 Å². The molecule has 3 N–H and O–H groups in total. The molecule has 1 aromatic rings. The van der Waals surface area contributed by atoms with Crippen molar-refractivity contribution in [1.82, 2.24) is 15.5 Å². The van der Waals surface area contributed by atoms with E-state index in [0.717, 1.165) is 4.90 Å². The first-order valence-electron chi connectivity index (χ1n) is 10.2. The van der Waals surface area contributed by atoms with Crippen LogP contribution in [0.2, 0.25) is 0 Å². The van der Waals surface area contributed by atoms with E-state index in [1.807, 2.05) is 0 Å². The van der Waals surface area contributed by atoms with Crippen LogP contribution >= 0.6 is 11.8 Å². The number of carboxylic acid groups (broad SMARTS) is 1. The van der Waals surface area contributed by atoms with Crippen LogP contribution in [0.15, 0.2) is 41.6 Å². The van der Waals surface area contributed by atoms with E-state index < -0.39 is 52.4 Å². The number of methoxy groups -OCH3 is 1. The van der Waals surface area contributed by atoms with Gasteiger partial charge in [0.2, 0.25) is 5.91 Å². The number of carbonyl (C=O) groups is 4. The maximum absolute atomic E-state index is 13.2. The number of carbonyl (C=O) groups excluding carboxylic acids is 3. The van der Waals surface area contributed by atoms with Crippen LogP contribution in [0.4, 0.5) is 4.79 Å². The Morgan fingerprint density at radius 2 is 1.82 bits per heavy atom. The van der Waals surface area contributed by atoms with E-state index in [-0.39, 0.29) is 5.70 Å². The third-order valence-corrected chi connectivity index (χ3v) is 6.60. The van der Waals surface area contributed by atoms with Crippen LogP contribution in [0.3, 0.4) is 0 Å². The van der Waals surface area contributed by atoms with Crippen LogP contribution in [0.1, 0.15) is 39.3 Å². The van der Waals surface area contributed by atoms with E-state index in [0.29, 0.717) is 11.1 Å². The number of hydrogen-bond donors (Lipinski definition) is 3. The Kier molecular flexibility index (Phi) is 7.03. The average molecular weight is 478 g/mol. The van der Waals surface area contributed by atoms with Gasteiger partial charge >= 0.3 is 12.1 Å². The molecule has 1 aromatic carbocycles. The fourth-order valence-corrected chi connectivity index (χ4v) is 4.97. The molecule has 11 heteroatoms. The third-order valence-electron chi connectivity index (χ3n) is 5.04. The van der Waals surface area contributed by atoms with Crippen LogP contribution in [0, 0.1) is 0 Å². The number of alkyl carbamates (subject to hydrolysis) is 1. The van der Waals surface area contributed by atoms with Crippen LogP contribution in [-0.2, 0) is 23.9 Å². The SMILES string of the molecule is CO[C@H]1S[C@H]2[C@@H](NC(=O)C(NC(=O)OC(C)(C)C)c3ccccc3)C(=O)N2C(C(=O)O)=C1C. The highest BCUT2D eigenvalue weighted by Gasteiger charge is 2.56. The summed E-state index contributed by atoms with van der Waals surface area (Å²) in [6.45, 7) is 6.70. The second-order valence-corrected chi connectivity index (χ2v) is 9.80. The van der Waals surface area contributed by atoms with Gasteiger partial charge in [-0.1, -0.05) is 42.1 Å². The second kappa shape index (κ2) is 9.44. The maximum atomic E-state index is 13.2. The van der Waals surface area contributed by atoms with Crippen molar-refractivity contribution in [3.05, 3.63) is 47.2 Å². The second-order valence-electron chi connectivity index (χ2n) is 8.62. The van der Waals surface area contributed by atoms with Gasteiger partial charge in [0, 0.05) is 7.11 Å². The standard InChI is InChI=1S/C22H27N3O7S/c1-11-15(19(28)29)25-17(27)14(18(25)33-20(11)31-5)23-16(26)13(12-9-7-6-8-10-12)24-21(30)32-22(2,3)4/h6-10,13-14,18,20H,1-5H3,(H,23,26)(H,24,30)(H,28,29)/t13?,14-,18-,20-/m0/s1. The molecule has 0 bridgehead atoms. The topological polar surface area (TPSA) is 134 Å². The molecule has 178 valence electrons. The van der Waals surface area contributed by atoms with E-state index in [9.17, 15) is 24.3 Å². The zero-order valence-electron chi connectivity index (χ0n) is 18.9. The number of thioether (sulfide) groups is 1. The maximum Gasteiger partial charge on any atom is 0.408 e. The molecule has 10 nitrogen and oxygen atoms in total. The largest absolute Gasteiger partial charge is 0.477 e.